The Bertz CT molecular complexity index is 692. The number of fused-ring (bicyclic) bond motifs is 5. The molecular formula is C23H32O3. The summed E-state index contributed by atoms with van der Waals surface area (Å²) in [7, 11) is 0. The summed E-state index contributed by atoms with van der Waals surface area (Å²) in [5, 5.41) is 10.2. The second-order valence-corrected chi connectivity index (χ2v) is 10.2. The van der Waals surface area contributed by atoms with Gasteiger partial charge in [0.1, 0.15) is 6.61 Å². The highest BCUT2D eigenvalue weighted by Crippen LogP contribution is 2.66. The zero-order chi connectivity index (χ0) is 18.1. The molecule has 0 bridgehead atoms. The fraction of sp³-hybridized carbons (Fsp3) is 0.783. The van der Waals surface area contributed by atoms with Gasteiger partial charge in [-0.1, -0.05) is 25.5 Å². The first-order valence-electron chi connectivity index (χ1n) is 10.7. The third-order valence-electron chi connectivity index (χ3n) is 9.17. The van der Waals surface area contributed by atoms with Gasteiger partial charge in [-0.25, -0.2) is 4.79 Å². The van der Waals surface area contributed by atoms with Crippen LogP contribution in [0.1, 0.15) is 65.2 Å². The minimum atomic E-state index is -0.153. The van der Waals surface area contributed by atoms with Crippen molar-refractivity contribution in [3.8, 4) is 0 Å². The third kappa shape index (κ3) is 2.25. The molecule has 4 aliphatic carbocycles. The van der Waals surface area contributed by atoms with Crippen LogP contribution in [0, 0.1) is 34.5 Å². The molecule has 0 amide bonds. The van der Waals surface area contributed by atoms with E-state index in [-0.39, 0.29) is 17.5 Å². The lowest BCUT2D eigenvalue weighted by Gasteiger charge is -2.59. The number of carbonyl (C=O) groups excluding carboxylic acids is 1. The van der Waals surface area contributed by atoms with Crippen LogP contribution in [0.2, 0.25) is 0 Å². The second kappa shape index (κ2) is 5.70. The lowest BCUT2D eigenvalue weighted by molar-refractivity contribution is -0.135. The maximum absolute atomic E-state index is 11.6. The Balaban J connectivity index is 1.43. The predicted octanol–water partition coefficient (Wildman–Crippen LogP) is 4.41. The van der Waals surface area contributed by atoms with Crippen molar-refractivity contribution in [1.29, 1.82) is 0 Å². The van der Waals surface area contributed by atoms with E-state index in [1.807, 2.05) is 0 Å². The summed E-state index contributed by atoms with van der Waals surface area (Å²) in [6.45, 7) is 5.49. The zero-order valence-corrected chi connectivity index (χ0v) is 16.2. The second-order valence-electron chi connectivity index (χ2n) is 10.2. The average molecular weight is 357 g/mol. The smallest absolute Gasteiger partial charge is 0.331 e. The van der Waals surface area contributed by atoms with E-state index in [2.05, 4.69) is 19.9 Å². The Morgan fingerprint density at radius 2 is 2.00 bits per heavy atom. The van der Waals surface area contributed by atoms with Crippen LogP contribution in [-0.4, -0.2) is 23.8 Å². The summed E-state index contributed by atoms with van der Waals surface area (Å²) in [5.41, 5.74) is 3.56. The quantitative estimate of drug-likeness (QED) is 0.559. The van der Waals surface area contributed by atoms with E-state index < -0.39 is 0 Å². The molecular weight excluding hydrogens is 324 g/mol. The van der Waals surface area contributed by atoms with Crippen LogP contribution >= 0.6 is 0 Å². The van der Waals surface area contributed by atoms with Gasteiger partial charge in [0.15, 0.2) is 0 Å². The number of allylic oxidation sites excluding steroid dienone is 2. The lowest BCUT2D eigenvalue weighted by atomic mass is 9.45. The Labute approximate surface area is 156 Å². The number of carbonyl (C=O) groups is 1. The normalized spacial score (nSPS) is 50.3. The van der Waals surface area contributed by atoms with Gasteiger partial charge in [-0.2, -0.15) is 0 Å². The molecule has 3 fully saturated rings. The number of hydrogen-bond donors (Lipinski definition) is 1. The molecule has 3 saturated carbocycles. The van der Waals surface area contributed by atoms with Crippen LogP contribution < -0.4 is 0 Å². The minimum Gasteiger partial charge on any atom is -0.458 e. The number of hydrogen-bond acceptors (Lipinski definition) is 3. The summed E-state index contributed by atoms with van der Waals surface area (Å²) in [5.74, 6) is 2.51. The van der Waals surface area contributed by atoms with E-state index in [4.69, 9.17) is 4.74 Å². The Hall–Kier alpha value is -1.09. The number of rotatable bonds is 1. The molecule has 7 atom stereocenters. The molecule has 142 valence electrons. The number of ether oxygens (including phenoxy) is 1. The van der Waals surface area contributed by atoms with Crippen molar-refractivity contribution < 1.29 is 14.6 Å². The monoisotopic (exact) mass is 356 g/mol. The molecule has 5 rings (SSSR count). The average Bonchev–Trinajstić information content (AvgIpc) is 3.18. The van der Waals surface area contributed by atoms with Gasteiger partial charge < -0.3 is 9.84 Å². The van der Waals surface area contributed by atoms with Gasteiger partial charge in [-0.05, 0) is 91.4 Å². The van der Waals surface area contributed by atoms with Gasteiger partial charge in [-0.15, -0.1) is 0 Å². The molecule has 0 aromatic rings. The van der Waals surface area contributed by atoms with Crippen LogP contribution in [0.4, 0.5) is 0 Å². The van der Waals surface area contributed by atoms with Gasteiger partial charge >= 0.3 is 5.97 Å². The van der Waals surface area contributed by atoms with Crippen LogP contribution in [0.3, 0.4) is 0 Å². The number of aliphatic hydroxyl groups excluding tert-OH is 1. The zero-order valence-electron chi connectivity index (χ0n) is 16.2. The lowest BCUT2D eigenvalue weighted by Crippen LogP contribution is -2.52. The van der Waals surface area contributed by atoms with Gasteiger partial charge in [0.25, 0.3) is 0 Å². The van der Waals surface area contributed by atoms with Crippen molar-refractivity contribution in [2.45, 2.75) is 71.3 Å². The van der Waals surface area contributed by atoms with Crippen molar-refractivity contribution in [3.63, 3.8) is 0 Å². The molecule has 0 saturated heterocycles. The van der Waals surface area contributed by atoms with Crippen molar-refractivity contribution in [2.24, 2.45) is 34.5 Å². The summed E-state index contributed by atoms with van der Waals surface area (Å²) < 4.78 is 5.23. The van der Waals surface area contributed by atoms with E-state index in [0.717, 1.165) is 25.2 Å². The Morgan fingerprint density at radius 1 is 1.15 bits per heavy atom. The summed E-state index contributed by atoms with van der Waals surface area (Å²) >= 11 is 0. The molecule has 0 aromatic heterocycles. The molecule has 0 aromatic carbocycles. The Morgan fingerprint density at radius 3 is 2.77 bits per heavy atom. The molecule has 5 aliphatic rings. The molecule has 1 aliphatic heterocycles. The van der Waals surface area contributed by atoms with E-state index in [0.29, 0.717) is 29.8 Å². The van der Waals surface area contributed by atoms with Crippen LogP contribution in [0.25, 0.3) is 0 Å². The van der Waals surface area contributed by atoms with E-state index in [1.54, 1.807) is 11.6 Å². The first kappa shape index (κ1) is 17.0. The predicted molar refractivity (Wildman–Crippen MR) is 100 cm³/mol. The van der Waals surface area contributed by atoms with Crippen molar-refractivity contribution >= 4 is 5.97 Å². The molecule has 0 spiro atoms. The fourth-order valence-corrected chi connectivity index (χ4v) is 7.72. The summed E-state index contributed by atoms with van der Waals surface area (Å²) in [6, 6.07) is 0. The first-order valence-corrected chi connectivity index (χ1v) is 10.7. The Kier molecular flexibility index (Phi) is 3.74. The molecule has 3 heteroatoms. The summed E-state index contributed by atoms with van der Waals surface area (Å²) in [4.78, 5) is 11.6. The highest BCUT2D eigenvalue weighted by molar-refractivity contribution is 5.85. The van der Waals surface area contributed by atoms with Crippen LogP contribution in [0.5, 0.6) is 0 Å². The van der Waals surface area contributed by atoms with Crippen molar-refractivity contribution in [1.82, 2.24) is 0 Å². The standard InChI is InChI=1S/C23H32O3/c1-22-9-7-16(24)12-15(22)3-4-17-19-6-5-18(14-11-21(25)26-13-14)23(19,2)10-8-20(17)22/h6,11,15-18,20,24H,3-5,7-10,12-13H2,1-2H3/t15-,16+,17?,18-,20?,22+,23-/m1/s1. The van der Waals surface area contributed by atoms with Crippen molar-refractivity contribution in [2.75, 3.05) is 6.61 Å². The highest BCUT2D eigenvalue weighted by Gasteiger charge is 2.58. The minimum absolute atomic E-state index is 0.0691. The number of esters is 1. The fourth-order valence-electron chi connectivity index (χ4n) is 7.72. The van der Waals surface area contributed by atoms with Gasteiger partial charge in [0.05, 0.1) is 6.10 Å². The van der Waals surface area contributed by atoms with Gasteiger partial charge in [0, 0.05) is 6.08 Å². The van der Waals surface area contributed by atoms with Crippen LogP contribution in [0.15, 0.2) is 23.3 Å². The van der Waals surface area contributed by atoms with Crippen LogP contribution in [-0.2, 0) is 9.53 Å². The maximum atomic E-state index is 11.6. The summed E-state index contributed by atoms with van der Waals surface area (Å²) in [6.07, 6.45) is 13.6. The first-order chi connectivity index (χ1) is 12.4. The van der Waals surface area contributed by atoms with E-state index in [1.165, 1.54) is 37.7 Å². The molecule has 26 heavy (non-hydrogen) atoms. The van der Waals surface area contributed by atoms with E-state index in [9.17, 15) is 9.90 Å². The largest absolute Gasteiger partial charge is 0.458 e. The van der Waals surface area contributed by atoms with Gasteiger partial charge in [-0.3, -0.25) is 0 Å². The highest BCUT2D eigenvalue weighted by atomic mass is 16.5. The molecule has 3 nitrogen and oxygen atoms in total. The number of aliphatic hydroxyl groups is 1. The topological polar surface area (TPSA) is 46.5 Å². The third-order valence-corrected chi connectivity index (χ3v) is 9.17. The molecule has 0 radical (unpaired) electrons. The molecule has 1 N–H and O–H groups in total. The van der Waals surface area contributed by atoms with Crippen molar-refractivity contribution in [3.05, 3.63) is 23.3 Å². The SMILES string of the molecule is C[C@]12CCC3C(CC[C@@H]4C[C@@H](O)CC[C@]34C)C1=CC[C@@H]2C1=CC(=O)OC1. The van der Waals surface area contributed by atoms with E-state index >= 15 is 0 Å². The molecule has 2 unspecified atom stereocenters. The number of cyclic esters (lactones) is 1. The maximum Gasteiger partial charge on any atom is 0.331 e. The van der Waals surface area contributed by atoms with Gasteiger partial charge in [0.2, 0.25) is 0 Å². The molecule has 1 heterocycles.